The number of nitrogens with one attached hydrogen (secondary N) is 1. The van der Waals surface area contributed by atoms with Gasteiger partial charge in [-0.25, -0.2) is 12.8 Å². The third kappa shape index (κ3) is 5.39. The van der Waals surface area contributed by atoms with Gasteiger partial charge < -0.3 is 5.32 Å². The number of benzene rings is 3. The van der Waals surface area contributed by atoms with Gasteiger partial charge in [-0.05, 0) is 54.3 Å². The number of anilines is 1. The molecular weight excluding hydrogens is 443 g/mol. The molecule has 0 unspecified atom stereocenters. The van der Waals surface area contributed by atoms with Gasteiger partial charge in [0.1, 0.15) is 16.9 Å². The van der Waals surface area contributed by atoms with Crippen LogP contribution in [0.3, 0.4) is 0 Å². The molecule has 0 amide bonds. The van der Waals surface area contributed by atoms with Gasteiger partial charge in [0.05, 0.1) is 4.90 Å². The maximum absolute atomic E-state index is 13.6. The first-order valence-corrected chi connectivity index (χ1v) is 12.5. The van der Waals surface area contributed by atoms with E-state index in [0.717, 1.165) is 35.0 Å². The number of rotatable bonds is 8. The first-order valence-electron chi connectivity index (χ1n) is 10.0. The zero-order chi connectivity index (χ0) is 23.1. The van der Waals surface area contributed by atoms with Crippen LogP contribution in [0.2, 0.25) is 0 Å². The summed E-state index contributed by atoms with van der Waals surface area (Å²) in [4.78, 5) is -0.321. The molecule has 7 heteroatoms. The lowest BCUT2D eigenvalue weighted by Gasteiger charge is -2.18. The quantitative estimate of drug-likeness (QED) is 0.400. The van der Waals surface area contributed by atoms with Crippen molar-refractivity contribution in [3.63, 3.8) is 0 Å². The maximum atomic E-state index is 13.6. The lowest BCUT2D eigenvalue weighted by atomic mass is 10.1. The summed E-state index contributed by atoms with van der Waals surface area (Å²) in [5.74, 6) is -0.0747. The van der Waals surface area contributed by atoms with Gasteiger partial charge >= 0.3 is 0 Å². The van der Waals surface area contributed by atoms with Crippen LogP contribution in [0.4, 0.5) is 10.1 Å². The lowest BCUT2D eigenvalue weighted by molar-refractivity contribution is 0.603. The Morgan fingerprint density at radius 1 is 1.06 bits per heavy atom. The number of hydrogen-bond donors (Lipinski definition) is 1. The highest BCUT2D eigenvalue weighted by atomic mass is 32.2. The van der Waals surface area contributed by atoms with Crippen LogP contribution in [0.25, 0.3) is 0 Å². The Kier molecular flexibility index (Phi) is 7.73. The second-order valence-corrected chi connectivity index (χ2v) is 9.96. The number of thioether (sulfide) groups is 1. The van der Waals surface area contributed by atoms with Gasteiger partial charge in [0.15, 0.2) is 4.91 Å². The highest BCUT2D eigenvalue weighted by molar-refractivity contribution is 8.04. The van der Waals surface area contributed by atoms with Crippen molar-refractivity contribution < 1.29 is 12.8 Å². The van der Waals surface area contributed by atoms with E-state index in [0.29, 0.717) is 11.3 Å². The van der Waals surface area contributed by atoms with Gasteiger partial charge in [-0.1, -0.05) is 55.5 Å². The van der Waals surface area contributed by atoms with E-state index in [9.17, 15) is 18.1 Å². The van der Waals surface area contributed by atoms with Crippen LogP contribution in [0.15, 0.2) is 87.6 Å². The van der Waals surface area contributed by atoms with Crippen LogP contribution in [0.1, 0.15) is 23.6 Å². The Morgan fingerprint density at radius 3 is 2.44 bits per heavy atom. The topological polar surface area (TPSA) is 70.0 Å². The highest BCUT2D eigenvalue weighted by Gasteiger charge is 2.26. The van der Waals surface area contributed by atoms with Crippen molar-refractivity contribution in [1.82, 2.24) is 0 Å². The third-order valence-electron chi connectivity index (χ3n) is 4.88. The van der Waals surface area contributed by atoms with E-state index in [2.05, 4.69) is 5.32 Å². The standard InChI is InChI=1S/C25H23FN2O2S2/c1-3-20-11-7-9-18(2)24(20)28-25(31-17-19-10-8-12-21(26)15-19)23(16-27)32(29,30)22-13-5-4-6-14-22/h4-15,28H,3,17H2,1-2H3. The maximum Gasteiger partial charge on any atom is 0.219 e. The molecule has 0 radical (unpaired) electrons. The summed E-state index contributed by atoms with van der Waals surface area (Å²) in [6.07, 6.45) is 0.735. The zero-order valence-corrected chi connectivity index (χ0v) is 19.4. The van der Waals surface area contributed by atoms with Crippen molar-refractivity contribution in [2.45, 2.75) is 30.9 Å². The Labute approximate surface area is 192 Å². The summed E-state index contributed by atoms with van der Waals surface area (Å²) in [6.45, 7) is 3.93. The monoisotopic (exact) mass is 466 g/mol. The second kappa shape index (κ2) is 10.5. The Hall–Kier alpha value is -3.08. The summed E-state index contributed by atoms with van der Waals surface area (Å²) in [6, 6.07) is 21.7. The minimum atomic E-state index is -4.05. The average molecular weight is 467 g/mol. The van der Waals surface area contributed by atoms with E-state index >= 15 is 0 Å². The zero-order valence-electron chi connectivity index (χ0n) is 17.8. The molecule has 0 heterocycles. The average Bonchev–Trinajstić information content (AvgIpc) is 2.79. The summed E-state index contributed by atoms with van der Waals surface area (Å²) in [5.41, 5.74) is 3.39. The van der Waals surface area contributed by atoms with Crippen LogP contribution in [-0.2, 0) is 22.0 Å². The van der Waals surface area contributed by atoms with E-state index in [-0.39, 0.29) is 20.6 Å². The fourth-order valence-corrected chi connectivity index (χ4v) is 5.72. The largest absolute Gasteiger partial charge is 0.348 e. The molecule has 0 aromatic heterocycles. The molecule has 3 aromatic carbocycles. The predicted octanol–water partition coefficient (Wildman–Crippen LogP) is 6.21. The van der Waals surface area contributed by atoms with Crippen molar-refractivity contribution in [2.75, 3.05) is 5.32 Å². The van der Waals surface area contributed by atoms with Crippen molar-refractivity contribution >= 4 is 27.3 Å². The number of aryl methyl sites for hydroxylation is 2. The van der Waals surface area contributed by atoms with E-state index in [1.54, 1.807) is 30.3 Å². The molecule has 0 bridgehead atoms. The van der Waals surface area contributed by atoms with Crippen molar-refractivity contribution in [3.05, 3.63) is 105 Å². The molecule has 0 aliphatic carbocycles. The third-order valence-corrected chi connectivity index (χ3v) is 7.81. The first kappa shape index (κ1) is 23.6. The van der Waals surface area contributed by atoms with Gasteiger partial charge in [0.25, 0.3) is 0 Å². The minimum Gasteiger partial charge on any atom is -0.348 e. The van der Waals surface area contributed by atoms with Crippen LogP contribution >= 0.6 is 11.8 Å². The van der Waals surface area contributed by atoms with Crippen LogP contribution < -0.4 is 5.32 Å². The Morgan fingerprint density at radius 2 is 1.78 bits per heavy atom. The van der Waals surface area contributed by atoms with Crippen molar-refractivity contribution in [1.29, 1.82) is 5.26 Å². The Bertz CT molecular complexity index is 1280. The van der Waals surface area contributed by atoms with Crippen molar-refractivity contribution in [2.24, 2.45) is 0 Å². The molecule has 32 heavy (non-hydrogen) atoms. The molecule has 0 saturated carbocycles. The van der Waals surface area contributed by atoms with Gasteiger partial charge in [-0.2, -0.15) is 5.26 Å². The molecule has 3 rings (SSSR count). The normalized spacial score (nSPS) is 12.1. The van der Waals surface area contributed by atoms with E-state index in [4.69, 9.17) is 0 Å². The van der Waals surface area contributed by atoms with Crippen LogP contribution in [-0.4, -0.2) is 8.42 Å². The van der Waals surface area contributed by atoms with E-state index < -0.39 is 9.84 Å². The van der Waals surface area contributed by atoms with Gasteiger partial charge in [-0.3, -0.25) is 0 Å². The number of sulfone groups is 1. The molecule has 3 aromatic rings. The van der Waals surface area contributed by atoms with Crippen LogP contribution in [0.5, 0.6) is 0 Å². The second-order valence-electron chi connectivity index (χ2n) is 7.09. The number of nitriles is 1. The fourth-order valence-electron chi connectivity index (χ4n) is 3.21. The molecule has 0 atom stereocenters. The molecule has 0 aliphatic heterocycles. The fraction of sp³-hybridized carbons (Fsp3) is 0.160. The number of para-hydroxylation sites is 1. The first-order chi connectivity index (χ1) is 15.4. The van der Waals surface area contributed by atoms with Crippen LogP contribution in [0, 0.1) is 24.1 Å². The van der Waals surface area contributed by atoms with Gasteiger partial charge in [0.2, 0.25) is 9.84 Å². The summed E-state index contributed by atoms with van der Waals surface area (Å²) >= 11 is 1.16. The number of halogens is 1. The smallest absolute Gasteiger partial charge is 0.219 e. The number of allylic oxidation sites excluding steroid dienone is 1. The van der Waals surface area contributed by atoms with Gasteiger partial charge in [0, 0.05) is 11.4 Å². The summed E-state index contributed by atoms with van der Waals surface area (Å²) in [5, 5.41) is 13.3. The molecule has 1 N–H and O–H groups in total. The minimum absolute atomic E-state index is 0.0442. The molecule has 0 fully saturated rings. The molecule has 0 aliphatic rings. The molecule has 4 nitrogen and oxygen atoms in total. The highest BCUT2D eigenvalue weighted by Crippen LogP contribution is 2.33. The molecule has 0 saturated heterocycles. The van der Waals surface area contributed by atoms with Gasteiger partial charge in [-0.15, -0.1) is 11.8 Å². The number of nitrogens with zero attached hydrogens (tertiary/aromatic N) is 1. The summed E-state index contributed by atoms with van der Waals surface area (Å²) in [7, 11) is -4.05. The lowest BCUT2D eigenvalue weighted by Crippen LogP contribution is -2.11. The summed E-state index contributed by atoms with van der Waals surface area (Å²) < 4.78 is 40.3. The van der Waals surface area contributed by atoms with E-state index in [1.807, 2.05) is 38.1 Å². The van der Waals surface area contributed by atoms with Crippen molar-refractivity contribution in [3.8, 4) is 6.07 Å². The Balaban J connectivity index is 2.11. The SMILES string of the molecule is CCc1cccc(C)c1NC(SCc1cccc(F)c1)=C(C#N)S(=O)(=O)c1ccccc1. The molecule has 164 valence electrons. The molecule has 0 spiro atoms. The molecular formula is C25H23FN2O2S2. The number of hydrogen-bond acceptors (Lipinski definition) is 5. The van der Waals surface area contributed by atoms with E-state index in [1.165, 1.54) is 24.3 Å². The predicted molar refractivity (Wildman–Crippen MR) is 128 cm³/mol.